The first-order valence-electron chi connectivity index (χ1n) is 7.66. The monoisotopic (exact) mass is 365 g/mol. The smallest absolute Gasteiger partial charge is 0.419 e. The van der Waals surface area contributed by atoms with Gasteiger partial charge in [-0.25, -0.2) is 9.18 Å². The quantitative estimate of drug-likeness (QED) is 0.492. The number of halogens is 4. The van der Waals surface area contributed by atoms with Crippen LogP contribution in [0.1, 0.15) is 23.1 Å². The lowest BCUT2D eigenvalue weighted by molar-refractivity contribution is -0.140. The van der Waals surface area contributed by atoms with Crippen molar-refractivity contribution < 1.29 is 27.1 Å². The molecule has 0 bridgehead atoms. The maximum Gasteiger partial charge on any atom is 0.419 e. The highest BCUT2D eigenvalue weighted by molar-refractivity contribution is 5.67. The molecule has 0 aliphatic carbocycles. The van der Waals surface area contributed by atoms with Gasteiger partial charge >= 0.3 is 12.3 Å². The van der Waals surface area contributed by atoms with Crippen molar-refractivity contribution in [1.29, 1.82) is 0 Å². The van der Waals surface area contributed by atoms with Gasteiger partial charge in [-0.3, -0.25) is 0 Å². The molecule has 136 valence electrons. The highest BCUT2D eigenvalue weighted by Crippen LogP contribution is 2.31. The number of benzene rings is 2. The van der Waals surface area contributed by atoms with E-state index in [1.807, 2.05) is 30.3 Å². The standard InChI is InChI=1S/C19H15F4NO2/c20-17-10-9-14(12-16(17)19(21,22)23)6-4-5-11-24-18(25)26-13-15-7-2-1-3-8-15/h1-3,7-10,12H,5,11,13H2,(H,24,25). The van der Waals surface area contributed by atoms with Crippen LogP contribution in [0, 0.1) is 17.7 Å². The van der Waals surface area contributed by atoms with Crippen LogP contribution >= 0.6 is 0 Å². The van der Waals surface area contributed by atoms with Crippen molar-refractivity contribution in [3.63, 3.8) is 0 Å². The lowest BCUT2D eigenvalue weighted by atomic mass is 10.1. The average molecular weight is 365 g/mol. The van der Waals surface area contributed by atoms with E-state index in [9.17, 15) is 22.4 Å². The minimum Gasteiger partial charge on any atom is -0.445 e. The van der Waals surface area contributed by atoms with Crippen LogP contribution in [0.2, 0.25) is 0 Å². The summed E-state index contributed by atoms with van der Waals surface area (Å²) in [5.74, 6) is 3.78. The Hall–Kier alpha value is -3.01. The molecule has 0 saturated carbocycles. The van der Waals surface area contributed by atoms with E-state index in [4.69, 9.17) is 4.74 Å². The number of ether oxygens (including phenoxy) is 1. The topological polar surface area (TPSA) is 38.3 Å². The second-order valence-electron chi connectivity index (χ2n) is 5.23. The van der Waals surface area contributed by atoms with E-state index in [1.54, 1.807) is 0 Å². The molecule has 0 saturated heterocycles. The van der Waals surface area contributed by atoms with Crippen LogP contribution in [-0.2, 0) is 17.5 Å². The molecule has 0 aromatic heterocycles. The second-order valence-corrected chi connectivity index (χ2v) is 5.23. The molecule has 2 rings (SSSR count). The summed E-state index contributed by atoms with van der Waals surface area (Å²) in [5, 5.41) is 2.48. The molecule has 7 heteroatoms. The molecule has 26 heavy (non-hydrogen) atoms. The van der Waals surface area contributed by atoms with E-state index in [1.165, 1.54) is 6.07 Å². The zero-order valence-corrected chi connectivity index (χ0v) is 13.6. The third-order valence-corrected chi connectivity index (χ3v) is 3.24. The zero-order chi connectivity index (χ0) is 19.0. The normalized spacial score (nSPS) is 10.6. The molecule has 0 heterocycles. The van der Waals surface area contributed by atoms with E-state index < -0.39 is 23.7 Å². The van der Waals surface area contributed by atoms with Crippen LogP contribution in [-0.4, -0.2) is 12.6 Å². The Morgan fingerprint density at radius 1 is 1.12 bits per heavy atom. The number of alkyl halides is 3. The molecular formula is C19H15F4NO2. The Balaban J connectivity index is 1.77. The molecule has 3 nitrogen and oxygen atoms in total. The number of alkyl carbamates (subject to hydrolysis) is 1. The Labute approximate surface area is 148 Å². The zero-order valence-electron chi connectivity index (χ0n) is 13.6. The van der Waals surface area contributed by atoms with Crippen LogP contribution in [0.3, 0.4) is 0 Å². The summed E-state index contributed by atoms with van der Waals surface area (Å²) < 4.78 is 56.0. The summed E-state index contributed by atoms with van der Waals surface area (Å²) >= 11 is 0. The maximum absolute atomic E-state index is 13.2. The van der Waals surface area contributed by atoms with Gasteiger partial charge in [0.25, 0.3) is 0 Å². The Morgan fingerprint density at radius 3 is 2.54 bits per heavy atom. The Kier molecular flexibility index (Phi) is 6.61. The predicted molar refractivity (Wildman–Crippen MR) is 87.5 cm³/mol. The average Bonchev–Trinajstić information content (AvgIpc) is 2.61. The fourth-order valence-corrected chi connectivity index (χ4v) is 1.99. The minimum absolute atomic E-state index is 0.0466. The highest BCUT2D eigenvalue weighted by Gasteiger charge is 2.34. The molecule has 0 atom stereocenters. The fraction of sp³-hybridized carbons (Fsp3) is 0.211. The van der Waals surface area contributed by atoms with Gasteiger partial charge in [0.05, 0.1) is 5.56 Å². The van der Waals surface area contributed by atoms with Crippen molar-refractivity contribution in [2.45, 2.75) is 19.2 Å². The number of carbonyl (C=O) groups is 1. The van der Waals surface area contributed by atoms with Crippen LogP contribution in [0.4, 0.5) is 22.4 Å². The summed E-state index contributed by atoms with van der Waals surface area (Å²) in [6.45, 7) is 0.308. The van der Waals surface area contributed by atoms with Gasteiger partial charge in [-0.1, -0.05) is 42.2 Å². The van der Waals surface area contributed by atoms with Gasteiger partial charge in [0, 0.05) is 18.5 Å². The number of rotatable bonds is 4. The summed E-state index contributed by atoms with van der Waals surface area (Å²) in [5.41, 5.74) is -0.462. The number of carbonyl (C=O) groups excluding carboxylic acids is 1. The van der Waals surface area contributed by atoms with E-state index in [2.05, 4.69) is 17.2 Å². The van der Waals surface area contributed by atoms with Crippen LogP contribution < -0.4 is 5.32 Å². The lowest BCUT2D eigenvalue weighted by Gasteiger charge is -2.07. The van der Waals surface area contributed by atoms with Crippen molar-refractivity contribution in [1.82, 2.24) is 5.32 Å². The summed E-state index contributed by atoms with van der Waals surface area (Å²) in [6, 6.07) is 11.7. The summed E-state index contributed by atoms with van der Waals surface area (Å²) in [4.78, 5) is 11.5. The van der Waals surface area contributed by atoms with Gasteiger partial charge in [-0.15, -0.1) is 0 Å². The van der Waals surface area contributed by atoms with Crippen LogP contribution in [0.25, 0.3) is 0 Å². The van der Waals surface area contributed by atoms with Crippen LogP contribution in [0.15, 0.2) is 48.5 Å². The first-order chi connectivity index (χ1) is 12.4. The van der Waals surface area contributed by atoms with Crippen molar-refractivity contribution in [2.75, 3.05) is 6.54 Å². The minimum atomic E-state index is -4.77. The largest absolute Gasteiger partial charge is 0.445 e. The number of nitrogens with one attached hydrogen (secondary N) is 1. The van der Waals surface area contributed by atoms with Crippen molar-refractivity contribution in [3.05, 3.63) is 71.0 Å². The molecule has 1 amide bonds. The van der Waals surface area contributed by atoms with Gasteiger partial charge < -0.3 is 10.1 Å². The number of hydrogen-bond donors (Lipinski definition) is 1. The SMILES string of the molecule is O=C(NCCC#Cc1ccc(F)c(C(F)(F)F)c1)OCc1ccccc1. The van der Waals surface area contributed by atoms with Gasteiger partial charge in [0.1, 0.15) is 12.4 Å². The molecule has 2 aromatic carbocycles. The van der Waals surface area contributed by atoms with E-state index in [0.29, 0.717) is 6.07 Å². The van der Waals surface area contributed by atoms with E-state index >= 15 is 0 Å². The van der Waals surface area contributed by atoms with Gasteiger partial charge in [-0.2, -0.15) is 13.2 Å². The molecule has 0 unspecified atom stereocenters. The molecule has 0 fully saturated rings. The first-order valence-corrected chi connectivity index (χ1v) is 7.66. The lowest BCUT2D eigenvalue weighted by Crippen LogP contribution is -2.24. The molecule has 2 aromatic rings. The van der Waals surface area contributed by atoms with Gasteiger partial charge in [-0.05, 0) is 23.8 Å². The third-order valence-electron chi connectivity index (χ3n) is 3.24. The molecule has 0 aliphatic rings. The third kappa shape index (κ3) is 6.13. The first kappa shape index (κ1) is 19.3. The fourth-order valence-electron chi connectivity index (χ4n) is 1.99. The summed E-state index contributed by atoms with van der Waals surface area (Å²) in [6.07, 6.45) is -5.18. The predicted octanol–water partition coefficient (Wildman–Crippen LogP) is 4.51. The van der Waals surface area contributed by atoms with E-state index in [0.717, 1.165) is 11.6 Å². The van der Waals surface area contributed by atoms with Crippen LogP contribution in [0.5, 0.6) is 0 Å². The summed E-state index contributed by atoms with van der Waals surface area (Å²) in [7, 11) is 0. The number of amides is 1. The Bertz CT molecular complexity index is 808. The van der Waals surface area contributed by atoms with Crippen molar-refractivity contribution in [3.8, 4) is 11.8 Å². The molecule has 0 spiro atoms. The second kappa shape index (κ2) is 8.90. The highest BCUT2D eigenvalue weighted by atomic mass is 19.4. The molecule has 0 aliphatic heterocycles. The van der Waals surface area contributed by atoms with Gasteiger partial charge in [0.15, 0.2) is 0 Å². The molecule has 0 radical (unpaired) electrons. The molecular weight excluding hydrogens is 350 g/mol. The van der Waals surface area contributed by atoms with Gasteiger partial charge in [0.2, 0.25) is 0 Å². The Morgan fingerprint density at radius 2 is 1.85 bits per heavy atom. The van der Waals surface area contributed by atoms with Crippen molar-refractivity contribution >= 4 is 6.09 Å². The van der Waals surface area contributed by atoms with E-state index in [-0.39, 0.29) is 25.1 Å². The maximum atomic E-state index is 13.2. The number of hydrogen-bond acceptors (Lipinski definition) is 2. The van der Waals surface area contributed by atoms with Crippen molar-refractivity contribution in [2.24, 2.45) is 0 Å². The molecule has 1 N–H and O–H groups in total.